The Morgan fingerprint density at radius 3 is 2.34 bits per heavy atom. The van der Waals surface area contributed by atoms with Gasteiger partial charge >= 0.3 is 12.3 Å². The molecular weight excluding hydrogens is 397 g/mol. The highest BCUT2D eigenvalue weighted by Gasteiger charge is 2.55. The molecule has 29 heavy (non-hydrogen) atoms. The highest BCUT2D eigenvalue weighted by Crippen LogP contribution is 2.54. The molecule has 1 spiro atoms. The van der Waals surface area contributed by atoms with Crippen LogP contribution in [-0.4, -0.2) is 52.3 Å². The van der Waals surface area contributed by atoms with Gasteiger partial charge in [-0.3, -0.25) is 14.4 Å². The van der Waals surface area contributed by atoms with Crippen molar-refractivity contribution < 1.29 is 42.5 Å². The summed E-state index contributed by atoms with van der Waals surface area (Å²) in [5, 5.41) is 21.1. The minimum Gasteiger partial charge on any atom is -0.511 e. The Hall–Kier alpha value is -3.24. The maximum Gasteiger partial charge on any atom is 0.573 e. The molecule has 0 atom stereocenters. The van der Waals surface area contributed by atoms with Crippen LogP contribution in [0.4, 0.5) is 13.2 Å². The van der Waals surface area contributed by atoms with Crippen LogP contribution in [0.15, 0.2) is 35.6 Å². The molecule has 1 aliphatic heterocycles. The molecular formula is C18H17F3N2O6. The standard InChI is InChI=1S/C18H17F3N2O6/c19-18(20,21)29-11-3-1-10(2-4-11)8-23-9-17(5-6-17)14(26)13(16(23)28)15(27)22-7-12(24)25/h1-4,26H,5-9H2,(H,22,27)(H,24,25). The van der Waals surface area contributed by atoms with Crippen molar-refractivity contribution in [1.82, 2.24) is 10.2 Å². The van der Waals surface area contributed by atoms with E-state index in [1.807, 2.05) is 0 Å². The summed E-state index contributed by atoms with van der Waals surface area (Å²) < 4.78 is 40.5. The van der Waals surface area contributed by atoms with Crippen molar-refractivity contribution in [1.29, 1.82) is 0 Å². The number of carbonyl (C=O) groups excluding carboxylic acids is 2. The highest BCUT2D eigenvalue weighted by molar-refractivity contribution is 6.19. The van der Waals surface area contributed by atoms with Gasteiger partial charge in [0.15, 0.2) is 0 Å². The predicted molar refractivity (Wildman–Crippen MR) is 90.5 cm³/mol. The lowest BCUT2D eigenvalue weighted by Gasteiger charge is -2.33. The number of aliphatic hydroxyl groups excluding tert-OH is 1. The third kappa shape index (κ3) is 4.61. The first-order valence-electron chi connectivity index (χ1n) is 8.58. The van der Waals surface area contributed by atoms with Crippen LogP contribution >= 0.6 is 0 Å². The van der Waals surface area contributed by atoms with E-state index in [9.17, 15) is 32.7 Å². The molecule has 0 aromatic heterocycles. The Bertz CT molecular complexity index is 875. The van der Waals surface area contributed by atoms with Crippen LogP contribution in [0.2, 0.25) is 0 Å². The third-order valence-electron chi connectivity index (χ3n) is 4.74. The normalized spacial score (nSPS) is 18.0. The first-order valence-corrected chi connectivity index (χ1v) is 8.58. The molecule has 3 rings (SSSR count). The van der Waals surface area contributed by atoms with Crippen LogP contribution in [0.1, 0.15) is 18.4 Å². The van der Waals surface area contributed by atoms with Crippen molar-refractivity contribution in [2.75, 3.05) is 13.1 Å². The van der Waals surface area contributed by atoms with Gasteiger partial charge in [-0.25, -0.2) is 0 Å². The van der Waals surface area contributed by atoms with Gasteiger partial charge in [0, 0.05) is 18.5 Å². The molecule has 1 aliphatic carbocycles. The Morgan fingerprint density at radius 2 is 1.83 bits per heavy atom. The van der Waals surface area contributed by atoms with Crippen molar-refractivity contribution in [2.24, 2.45) is 5.41 Å². The number of nitrogens with zero attached hydrogens (tertiary/aromatic N) is 1. The van der Waals surface area contributed by atoms with Gasteiger partial charge in [-0.2, -0.15) is 0 Å². The van der Waals surface area contributed by atoms with Gasteiger partial charge in [0.25, 0.3) is 11.8 Å². The second-order valence-electron chi connectivity index (χ2n) is 6.93. The summed E-state index contributed by atoms with van der Waals surface area (Å²) in [5.41, 5.74) is -0.759. The van der Waals surface area contributed by atoms with E-state index in [0.717, 1.165) is 12.1 Å². The van der Waals surface area contributed by atoms with Gasteiger partial charge in [0.1, 0.15) is 23.6 Å². The van der Waals surface area contributed by atoms with Crippen LogP contribution < -0.4 is 10.1 Å². The second-order valence-corrected chi connectivity index (χ2v) is 6.93. The fourth-order valence-corrected chi connectivity index (χ4v) is 3.18. The van der Waals surface area contributed by atoms with E-state index in [1.165, 1.54) is 17.0 Å². The van der Waals surface area contributed by atoms with Gasteiger partial charge in [-0.05, 0) is 30.5 Å². The van der Waals surface area contributed by atoms with E-state index < -0.39 is 47.4 Å². The monoisotopic (exact) mass is 414 g/mol. The molecule has 8 nitrogen and oxygen atoms in total. The van der Waals surface area contributed by atoms with Crippen LogP contribution in [0.25, 0.3) is 0 Å². The maximum atomic E-state index is 12.7. The SMILES string of the molecule is O=C(O)CNC(=O)C1=C(O)C2(CC2)CN(Cc2ccc(OC(F)(F)F)cc2)C1=O. The lowest BCUT2D eigenvalue weighted by molar-refractivity contribution is -0.274. The van der Waals surface area contributed by atoms with E-state index in [-0.39, 0.29) is 18.8 Å². The van der Waals surface area contributed by atoms with E-state index in [4.69, 9.17) is 5.11 Å². The summed E-state index contributed by atoms with van der Waals surface area (Å²) in [4.78, 5) is 36.9. The van der Waals surface area contributed by atoms with Crippen LogP contribution in [-0.2, 0) is 20.9 Å². The Kier molecular flexibility index (Phi) is 5.16. The molecule has 1 aromatic rings. The van der Waals surface area contributed by atoms with E-state index in [0.29, 0.717) is 18.4 Å². The molecule has 2 amide bonds. The first-order chi connectivity index (χ1) is 13.5. The number of ether oxygens (including phenoxy) is 1. The number of halogens is 3. The number of hydrogen-bond donors (Lipinski definition) is 3. The minimum absolute atomic E-state index is 0.00410. The number of benzene rings is 1. The molecule has 1 heterocycles. The molecule has 1 aromatic carbocycles. The largest absolute Gasteiger partial charge is 0.573 e. The highest BCUT2D eigenvalue weighted by atomic mass is 19.4. The number of carboxylic acid groups (broad SMARTS) is 1. The zero-order valence-electron chi connectivity index (χ0n) is 15.0. The van der Waals surface area contributed by atoms with Crippen molar-refractivity contribution in [3.8, 4) is 5.75 Å². The summed E-state index contributed by atoms with van der Waals surface area (Å²) in [5.74, 6) is -3.83. The zero-order chi connectivity index (χ0) is 21.4. The van der Waals surface area contributed by atoms with Gasteiger partial charge in [-0.1, -0.05) is 12.1 Å². The molecule has 3 N–H and O–H groups in total. The average Bonchev–Trinajstić information content (AvgIpc) is 3.39. The second kappa shape index (κ2) is 7.30. The number of rotatable bonds is 6. The summed E-state index contributed by atoms with van der Waals surface area (Å²) in [7, 11) is 0. The summed E-state index contributed by atoms with van der Waals surface area (Å²) in [6.07, 6.45) is -3.71. The number of nitrogens with one attached hydrogen (secondary N) is 1. The lowest BCUT2D eigenvalue weighted by Crippen LogP contribution is -2.47. The smallest absolute Gasteiger partial charge is 0.511 e. The molecule has 0 saturated heterocycles. The number of hydrogen-bond acceptors (Lipinski definition) is 5. The number of carbonyl (C=O) groups is 3. The molecule has 0 unspecified atom stereocenters. The van der Waals surface area contributed by atoms with Crippen LogP contribution in [0.5, 0.6) is 5.75 Å². The zero-order valence-corrected chi connectivity index (χ0v) is 15.0. The third-order valence-corrected chi connectivity index (χ3v) is 4.74. The van der Waals surface area contributed by atoms with Gasteiger partial charge in [0.05, 0.1) is 0 Å². The van der Waals surface area contributed by atoms with Crippen molar-refractivity contribution in [3.63, 3.8) is 0 Å². The lowest BCUT2D eigenvalue weighted by atomic mass is 9.92. The Morgan fingerprint density at radius 1 is 1.21 bits per heavy atom. The number of aliphatic carboxylic acids is 1. The topological polar surface area (TPSA) is 116 Å². The molecule has 11 heteroatoms. The van der Waals surface area contributed by atoms with Crippen molar-refractivity contribution in [3.05, 3.63) is 41.2 Å². The average molecular weight is 414 g/mol. The maximum absolute atomic E-state index is 12.7. The molecule has 0 bridgehead atoms. The van der Waals surface area contributed by atoms with E-state index >= 15 is 0 Å². The summed E-state index contributed by atoms with van der Waals surface area (Å²) >= 11 is 0. The number of carboxylic acids is 1. The summed E-state index contributed by atoms with van der Waals surface area (Å²) in [6.45, 7) is -0.569. The fraction of sp³-hybridized carbons (Fsp3) is 0.389. The number of amides is 2. The predicted octanol–water partition coefficient (Wildman–Crippen LogP) is 1.72. The molecule has 0 radical (unpaired) electrons. The molecule has 1 saturated carbocycles. The molecule has 2 aliphatic rings. The van der Waals surface area contributed by atoms with E-state index in [1.54, 1.807) is 0 Å². The number of alkyl halides is 3. The van der Waals surface area contributed by atoms with E-state index in [2.05, 4.69) is 10.1 Å². The van der Waals surface area contributed by atoms with Crippen LogP contribution in [0.3, 0.4) is 0 Å². The Balaban J connectivity index is 1.76. The summed E-state index contributed by atoms with van der Waals surface area (Å²) in [6, 6.07) is 4.93. The van der Waals surface area contributed by atoms with Gasteiger partial charge < -0.3 is 25.2 Å². The van der Waals surface area contributed by atoms with Gasteiger partial charge in [0.2, 0.25) is 0 Å². The molecule has 1 fully saturated rings. The van der Waals surface area contributed by atoms with Crippen molar-refractivity contribution in [2.45, 2.75) is 25.7 Å². The number of aliphatic hydroxyl groups is 1. The van der Waals surface area contributed by atoms with Gasteiger partial charge in [-0.15, -0.1) is 13.2 Å². The quantitative estimate of drug-likeness (QED) is 0.611. The molecule has 156 valence electrons. The Labute approximate surface area is 162 Å². The first kappa shape index (κ1) is 20.5. The van der Waals surface area contributed by atoms with Crippen LogP contribution in [0, 0.1) is 5.41 Å². The van der Waals surface area contributed by atoms with Crippen molar-refractivity contribution >= 4 is 17.8 Å². The fourth-order valence-electron chi connectivity index (χ4n) is 3.18. The minimum atomic E-state index is -4.82.